The lowest BCUT2D eigenvalue weighted by Crippen LogP contribution is -2.08. The van der Waals surface area contributed by atoms with Crippen LogP contribution in [0, 0.1) is 0 Å². The van der Waals surface area contributed by atoms with E-state index in [2.05, 4.69) is 5.10 Å². The van der Waals surface area contributed by atoms with Crippen molar-refractivity contribution in [2.24, 2.45) is 7.05 Å². The third kappa shape index (κ3) is 2.25. The van der Waals surface area contributed by atoms with Crippen LogP contribution in [0.1, 0.15) is 5.56 Å². The summed E-state index contributed by atoms with van der Waals surface area (Å²) in [6, 6.07) is 5.00. The highest BCUT2D eigenvalue weighted by atomic mass is 19.4. The van der Waals surface area contributed by atoms with Gasteiger partial charge in [-0.15, -0.1) is 0 Å². The van der Waals surface area contributed by atoms with Gasteiger partial charge in [0.15, 0.2) is 0 Å². The van der Waals surface area contributed by atoms with Gasteiger partial charge in [-0.3, -0.25) is 4.68 Å². The molecule has 1 heterocycles. The van der Waals surface area contributed by atoms with Gasteiger partial charge >= 0.3 is 6.18 Å². The van der Waals surface area contributed by atoms with Crippen LogP contribution >= 0.6 is 0 Å². The maximum atomic E-state index is 12.8. The molecule has 17 heavy (non-hydrogen) atoms. The number of aryl methyl sites for hydroxylation is 1. The second kappa shape index (κ2) is 3.80. The van der Waals surface area contributed by atoms with Crippen molar-refractivity contribution in [1.29, 1.82) is 0 Å². The standard InChI is InChI=1S/C11H10F3N3/c1-17-5-4-10(16-17)8-6-7(15)2-3-9(8)11(12,13)14/h2-6H,15H2,1H3. The molecule has 2 N–H and O–H groups in total. The van der Waals surface area contributed by atoms with E-state index in [-0.39, 0.29) is 16.9 Å². The van der Waals surface area contributed by atoms with E-state index in [1.165, 1.54) is 22.9 Å². The number of hydrogen-bond donors (Lipinski definition) is 1. The first-order valence-electron chi connectivity index (χ1n) is 4.84. The van der Waals surface area contributed by atoms with Gasteiger partial charge in [-0.25, -0.2) is 0 Å². The van der Waals surface area contributed by atoms with Gasteiger partial charge < -0.3 is 5.73 Å². The number of nitrogens with two attached hydrogens (primary N) is 1. The zero-order chi connectivity index (χ0) is 12.6. The van der Waals surface area contributed by atoms with Crippen LogP contribution in [-0.2, 0) is 13.2 Å². The second-order valence-corrected chi connectivity index (χ2v) is 3.68. The summed E-state index contributed by atoms with van der Waals surface area (Å²) in [6.07, 6.45) is -2.83. The number of nitrogen functional groups attached to an aromatic ring is 1. The summed E-state index contributed by atoms with van der Waals surface area (Å²) in [6.45, 7) is 0. The molecule has 0 aliphatic rings. The van der Waals surface area contributed by atoms with Crippen LogP contribution < -0.4 is 5.73 Å². The van der Waals surface area contributed by atoms with Gasteiger partial charge in [0.1, 0.15) is 0 Å². The minimum atomic E-state index is -4.42. The van der Waals surface area contributed by atoms with Crippen molar-refractivity contribution < 1.29 is 13.2 Å². The Hall–Kier alpha value is -1.98. The summed E-state index contributed by atoms with van der Waals surface area (Å²) in [5.74, 6) is 0. The molecule has 0 fully saturated rings. The first-order valence-corrected chi connectivity index (χ1v) is 4.84. The molecule has 90 valence electrons. The quantitative estimate of drug-likeness (QED) is 0.780. The molecule has 0 saturated heterocycles. The van der Waals surface area contributed by atoms with Crippen molar-refractivity contribution in [2.75, 3.05) is 5.73 Å². The normalized spacial score (nSPS) is 11.8. The van der Waals surface area contributed by atoms with Crippen LogP contribution in [0.25, 0.3) is 11.3 Å². The highest BCUT2D eigenvalue weighted by Gasteiger charge is 2.34. The van der Waals surface area contributed by atoms with Crippen LogP contribution in [0.4, 0.5) is 18.9 Å². The lowest BCUT2D eigenvalue weighted by molar-refractivity contribution is -0.137. The Kier molecular flexibility index (Phi) is 2.57. The largest absolute Gasteiger partial charge is 0.417 e. The van der Waals surface area contributed by atoms with Crippen molar-refractivity contribution in [3.8, 4) is 11.3 Å². The average molecular weight is 241 g/mol. The van der Waals surface area contributed by atoms with E-state index in [0.717, 1.165) is 6.07 Å². The molecule has 1 aromatic carbocycles. The lowest BCUT2D eigenvalue weighted by atomic mass is 10.0. The summed E-state index contributed by atoms with van der Waals surface area (Å²) in [5, 5.41) is 3.96. The minimum absolute atomic E-state index is 0.00176. The summed E-state index contributed by atoms with van der Waals surface area (Å²) in [7, 11) is 1.64. The maximum absolute atomic E-state index is 12.8. The first-order chi connectivity index (χ1) is 7.88. The highest BCUT2D eigenvalue weighted by molar-refractivity contribution is 5.68. The molecule has 0 aliphatic heterocycles. The molecular formula is C11H10F3N3. The number of benzene rings is 1. The Morgan fingerprint density at radius 1 is 1.24 bits per heavy atom. The Labute approximate surface area is 95.7 Å². The molecule has 0 aliphatic carbocycles. The lowest BCUT2D eigenvalue weighted by Gasteiger charge is -2.11. The Balaban J connectivity index is 2.63. The number of aromatic nitrogens is 2. The minimum Gasteiger partial charge on any atom is -0.399 e. The van der Waals surface area contributed by atoms with Gasteiger partial charge in [-0.1, -0.05) is 0 Å². The molecular weight excluding hydrogens is 231 g/mol. The second-order valence-electron chi connectivity index (χ2n) is 3.68. The van der Waals surface area contributed by atoms with Crippen LogP contribution in [0.15, 0.2) is 30.5 Å². The number of alkyl halides is 3. The van der Waals surface area contributed by atoms with Gasteiger partial charge in [0, 0.05) is 24.5 Å². The fourth-order valence-corrected chi connectivity index (χ4v) is 1.58. The number of hydrogen-bond acceptors (Lipinski definition) is 2. The number of halogens is 3. The molecule has 0 bridgehead atoms. The summed E-state index contributed by atoms with van der Waals surface area (Å²) in [5.41, 5.74) is 5.31. The number of anilines is 1. The van der Waals surface area contributed by atoms with E-state index in [1.807, 2.05) is 0 Å². The van der Waals surface area contributed by atoms with E-state index in [1.54, 1.807) is 13.2 Å². The van der Waals surface area contributed by atoms with E-state index in [0.29, 0.717) is 0 Å². The smallest absolute Gasteiger partial charge is 0.399 e. The van der Waals surface area contributed by atoms with Crippen LogP contribution in [0.2, 0.25) is 0 Å². The zero-order valence-corrected chi connectivity index (χ0v) is 8.99. The topological polar surface area (TPSA) is 43.8 Å². The van der Waals surface area contributed by atoms with E-state index < -0.39 is 11.7 Å². The molecule has 1 aromatic heterocycles. The van der Waals surface area contributed by atoms with E-state index in [4.69, 9.17) is 5.73 Å². The van der Waals surface area contributed by atoms with Crippen molar-refractivity contribution in [2.45, 2.75) is 6.18 Å². The Morgan fingerprint density at radius 2 is 1.94 bits per heavy atom. The van der Waals surface area contributed by atoms with Crippen LogP contribution in [-0.4, -0.2) is 9.78 Å². The molecule has 0 unspecified atom stereocenters. The summed E-state index contributed by atoms with van der Waals surface area (Å²) >= 11 is 0. The predicted octanol–water partition coefficient (Wildman–Crippen LogP) is 2.69. The van der Waals surface area contributed by atoms with Gasteiger partial charge in [-0.05, 0) is 24.3 Å². The van der Waals surface area contributed by atoms with Gasteiger partial charge in [0.25, 0.3) is 0 Å². The number of nitrogens with zero attached hydrogens (tertiary/aromatic N) is 2. The fourth-order valence-electron chi connectivity index (χ4n) is 1.58. The van der Waals surface area contributed by atoms with Crippen molar-refractivity contribution in [3.05, 3.63) is 36.0 Å². The van der Waals surface area contributed by atoms with Crippen molar-refractivity contribution >= 4 is 5.69 Å². The highest BCUT2D eigenvalue weighted by Crippen LogP contribution is 2.37. The Morgan fingerprint density at radius 3 is 2.47 bits per heavy atom. The third-order valence-corrected chi connectivity index (χ3v) is 2.34. The summed E-state index contributed by atoms with van der Waals surface area (Å²) < 4.78 is 39.8. The fraction of sp³-hybridized carbons (Fsp3) is 0.182. The average Bonchev–Trinajstić information content (AvgIpc) is 2.62. The van der Waals surface area contributed by atoms with Gasteiger partial charge in [-0.2, -0.15) is 18.3 Å². The molecule has 2 aromatic rings. The molecule has 0 saturated carbocycles. The van der Waals surface area contributed by atoms with Gasteiger partial charge in [0.2, 0.25) is 0 Å². The molecule has 2 rings (SSSR count). The van der Waals surface area contributed by atoms with Gasteiger partial charge in [0.05, 0.1) is 11.3 Å². The van der Waals surface area contributed by atoms with E-state index in [9.17, 15) is 13.2 Å². The van der Waals surface area contributed by atoms with Crippen LogP contribution in [0.5, 0.6) is 0 Å². The molecule has 0 atom stereocenters. The number of rotatable bonds is 1. The monoisotopic (exact) mass is 241 g/mol. The van der Waals surface area contributed by atoms with Crippen molar-refractivity contribution in [3.63, 3.8) is 0 Å². The van der Waals surface area contributed by atoms with Crippen molar-refractivity contribution in [1.82, 2.24) is 9.78 Å². The zero-order valence-electron chi connectivity index (χ0n) is 8.99. The summed E-state index contributed by atoms with van der Waals surface area (Å²) in [4.78, 5) is 0. The third-order valence-electron chi connectivity index (χ3n) is 2.34. The maximum Gasteiger partial charge on any atom is 0.417 e. The molecule has 0 radical (unpaired) electrons. The first kappa shape index (κ1) is 11.5. The Bertz CT molecular complexity index is 543. The predicted molar refractivity (Wildman–Crippen MR) is 58.1 cm³/mol. The van der Waals surface area contributed by atoms with E-state index >= 15 is 0 Å². The molecule has 0 spiro atoms. The molecule has 3 nitrogen and oxygen atoms in total. The SMILES string of the molecule is Cn1ccc(-c2cc(N)ccc2C(F)(F)F)n1. The molecule has 6 heteroatoms. The molecule has 0 amide bonds. The van der Waals surface area contributed by atoms with Crippen LogP contribution in [0.3, 0.4) is 0 Å².